The van der Waals surface area contributed by atoms with Crippen LogP contribution in [0.4, 0.5) is 0 Å². The lowest BCUT2D eigenvalue weighted by molar-refractivity contribution is -0.147. The quantitative estimate of drug-likeness (QED) is 0.812. The second-order valence-electron chi connectivity index (χ2n) is 5.01. The molecule has 0 amide bonds. The SMILES string of the molecule is CCOC(=O)C(C)c1csc(CC(C)(C)C(=O)O)n1. The molecule has 1 N–H and O–H groups in total. The molecule has 0 fully saturated rings. The third kappa shape index (κ3) is 4.02. The molecule has 0 aliphatic heterocycles. The van der Waals surface area contributed by atoms with Crippen molar-refractivity contribution < 1.29 is 19.4 Å². The second-order valence-corrected chi connectivity index (χ2v) is 5.95. The normalized spacial score (nSPS) is 13.1. The Morgan fingerprint density at radius 1 is 1.53 bits per heavy atom. The smallest absolute Gasteiger partial charge is 0.314 e. The van der Waals surface area contributed by atoms with E-state index >= 15 is 0 Å². The summed E-state index contributed by atoms with van der Waals surface area (Å²) in [7, 11) is 0. The first-order valence-corrected chi connectivity index (χ1v) is 7.00. The van der Waals surface area contributed by atoms with Gasteiger partial charge in [0.25, 0.3) is 0 Å². The predicted molar refractivity (Wildman–Crippen MR) is 72.3 cm³/mol. The van der Waals surface area contributed by atoms with E-state index in [1.807, 2.05) is 0 Å². The van der Waals surface area contributed by atoms with E-state index in [0.717, 1.165) is 5.01 Å². The number of aromatic nitrogens is 1. The van der Waals surface area contributed by atoms with Gasteiger partial charge in [-0.1, -0.05) is 0 Å². The van der Waals surface area contributed by atoms with Gasteiger partial charge in [0.1, 0.15) is 0 Å². The molecular formula is C13H19NO4S. The molecule has 0 bridgehead atoms. The number of carbonyl (C=O) groups excluding carboxylic acids is 1. The fourth-order valence-corrected chi connectivity index (χ4v) is 2.56. The van der Waals surface area contributed by atoms with Crippen molar-refractivity contribution in [2.24, 2.45) is 5.41 Å². The van der Waals surface area contributed by atoms with Gasteiger partial charge in [-0.15, -0.1) is 11.3 Å². The lowest BCUT2D eigenvalue weighted by Crippen LogP contribution is -2.26. The molecule has 0 radical (unpaired) electrons. The minimum absolute atomic E-state index is 0.308. The lowest BCUT2D eigenvalue weighted by atomic mass is 9.90. The zero-order chi connectivity index (χ0) is 14.6. The number of nitrogens with zero attached hydrogens (tertiary/aromatic N) is 1. The van der Waals surface area contributed by atoms with E-state index in [4.69, 9.17) is 9.84 Å². The molecule has 1 atom stereocenters. The van der Waals surface area contributed by atoms with E-state index in [1.165, 1.54) is 11.3 Å². The number of aliphatic carboxylic acids is 1. The van der Waals surface area contributed by atoms with Gasteiger partial charge in [-0.05, 0) is 27.7 Å². The van der Waals surface area contributed by atoms with Crippen molar-refractivity contribution in [3.8, 4) is 0 Å². The Morgan fingerprint density at radius 3 is 2.68 bits per heavy atom. The van der Waals surface area contributed by atoms with Crippen molar-refractivity contribution in [1.29, 1.82) is 0 Å². The van der Waals surface area contributed by atoms with Gasteiger partial charge in [-0.2, -0.15) is 0 Å². The number of ether oxygens (including phenoxy) is 1. The molecule has 0 aliphatic rings. The summed E-state index contributed by atoms with van der Waals surface area (Å²) < 4.78 is 4.94. The molecule has 1 aromatic rings. The number of carbonyl (C=O) groups is 2. The van der Waals surface area contributed by atoms with Gasteiger partial charge in [-0.25, -0.2) is 4.98 Å². The Morgan fingerprint density at radius 2 is 2.16 bits per heavy atom. The van der Waals surface area contributed by atoms with Gasteiger partial charge >= 0.3 is 11.9 Å². The third-order valence-corrected chi connectivity index (χ3v) is 3.69. The van der Waals surface area contributed by atoms with Crippen LogP contribution in [0.1, 0.15) is 44.3 Å². The highest BCUT2D eigenvalue weighted by Crippen LogP contribution is 2.26. The van der Waals surface area contributed by atoms with Crippen LogP contribution >= 0.6 is 11.3 Å². The second kappa shape index (κ2) is 6.14. The van der Waals surface area contributed by atoms with Crippen LogP contribution < -0.4 is 0 Å². The summed E-state index contributed by atoms with van der Waals surface area (Å²) >= 11 is 1.38. The van der Waals surface area contributed by atoms with E-state index in [9.17, 15) is 9.59 Å². The minimum atomic E-state index is -0.859. The molecule has 5 nitrogen and oxygen atoms in total. The van der Waals surface area contributed by atoms with Gasteiger partial charge in [-0.3, -0.25) is 9.59 Å². The molecule has 0 spiro atoms. The Kier molecular flexibility index (Phi) is 5.05. The third-order valence-electron chi connectivity index (χ3n) is 2.83. The summed E-state index contributed by atoms with van der Waals surface area (Å²) in [5.41, 5.74) is -0.220. The maximum Gasteiger partial charge on any atom is 0.314 e. The van der Waals surface area contributed by atoms with Gasteiger partial charge in [0.05, 0.1) is 28.6 Å². The summed E-state index contributed by atoms with van der Waals surface area (Å²) in [6.45, 7) is 7.15. The first kappa shape index (κ1) is 15.6. The van der Waals surface area contributed by atoms with Crippen LogP contribution in [-0.4, -0.2) is 28.6 Å². The summed E-state index contributed by atoms with van der Waals surface area (Å²) in [5, 5.41) is 11.6. The Bertz CT molecular complexity index is 467. The van der Waals surface area contributed by atoms with Crippen molar-refractivity contribution in [3.05, 3.63) is 16.1 Å². The standard InChI is InChI=1S/C13H19NO4S/c1-5-18-11(15)8(2)9-7-19-10(14-9)6-13(3,4)12(16)17/h7-8H,5-6H2,1-4H3,(H,16,17). The van der Waals surface area contributed by atoms with Crippen molar-refractivity contribution >= 4 is 23.3 Å². The number of carboxylic acid groups (broad SMARTS) is 1. The van der Waals surface area contributed by atoms with Crippen LogP contribution in [-0.2, 0) is 20.7 Å². The Labute approximate surface area is 116 Å². The molecule has 6 heteroatoms. The number of rotatable bonds is 6. The van der Waals surface area contributed by atoms with Crippen molar-refractivity contribution in [1.82, 2.24) is 4.98 Å². The Hall–Kier alpha value is -1.43. The summed E-state index contributed by atoms with van der Waals surface area (Å²) in [6.07, 6.45) is 0.350. The zero-order valence-corrected chi connectivity index (χ0v) is 12.4. The average molecular weight is 285 g/mol. The molecule has 0 saturated carbocycles. The van der Waals surface area contributed by atoms with E-state index < -0.39 is 17.3 Å². The predicted octanol–water partition coefficient (Wildman–Crippen LogP) is 2.46. The molecule has 0 saturated heterocycles. The lowest BCUT2D eigenvalue weighted by Gasteiger charge is -2.16. The minimum Gasteiger partial charge on any atom is -0.481 e. The zero-order valence-electron chi connectivity index (χ0n) is 11.6. The molecule has 1 aromatic heterocycles. The van der Waals surface area contributed by atoms with Gasteiger partial charge in [0.15, 0.2) is 0 Å². The number of thiazole rings is 1. The number of esters is 1. The highest BCUT2D eigenvalue weighted by Gasteiger charge is 2.29. The largest absolute Gasteiger partial charge is 0.481 e. The van der Waals surface area contributed by atoms with Crippen LogP contribution in [0.3, 0.4) is 0 Å². The highest BCUT2D eigenvalue weighted by atomic mass is 32.1. The van der Waals surface area contributed by atoms with Crippen LogP contribution in [0.2, 0.25) is 0 Å². The molecule has 0 aliphatic carbocycles. The maximum atomic E-state index is 11.6. The first-order valence-electron chi connectivity index (χ1n) is 6.12. The van der Waals surface area contributed by atoms with Crippen LogP contribution in [0.15, 0.2) is 5.38 Å². The van der Waals surface area contributed by atoms with Gasteiger partial charge in [0.2, 0.25) is 0 Å². The van der Waals surface area contributed by atoms with Crippen molar-refractivity contribution in [2.75, 3.05) is 6.61 Å². The van der Waals surface area contributed by atoms with E-state index in [2.05, 4.69) is 4.98 Å². The molecule has 0 aromatic carbocycles. The van der Waals surface area contributed by atoms with E-state index in [-0.39, 0.29) is 5.97 Å². The highest BCUT2D eigenvalue weighted by molar-refractivity contribution is 7.09. The summed E-state index contributed by atoms with van der Waals surface area (Å²) in [4.78, 5) is 27.0. The monoisotopic (exact) mass is 285 g/mol. The molecule has 1 rings (SSSR count). The van der Waals surface area contributed by atoms with Crippen LogP contribution in [0.25, 0.3) is 0 Å². The fourth-order valence-electron chi connectivity index (χ4n) is 1.45. The van der Waals surface area contributed by atoms with Crippen LogP contribution in [0.5, 0.6) is 0 Å². The molecule has 19 heavy (non-hydrogen) atoms. The van der Waals surface area contributed by atoms with Crippen LogP contribution in [0, 0.1) is 5.41 Å². The summed E-state index contributed by atoms with van der Waals surface area (Å²) in [5.74, 6) is -1.59. The molecule has 1 heterocycles. The van der Waals surface area contributed by atoms with Gasteiger partial charge in [0, 0.05) is 11.8 Å². The van der Waals surface area contributed by atoms with Crippen molar-refractivity contribution in [3.63, 3.8) is 0 Å². The molecule has 1 unspecified atom stereocenters. The maximum absolute atomic E-state index is 11.6. The van der Waals surface area contributed by atoms with Crippen molar-refractivity contribution in [2.45, 2.75) is 40.0 Å². The molecule has 106 valence electrons. The first-order chi connectivity index (χ1) is 8.77. The van der Waals surface area contributed by atoms with E-state index in [0.29, 0.717) is 18.7 Å². The number of hydrogen-bond donors (Lipinski definition) is 1. The topological polar surface area (TPSA) is 76.5 Å². The Balaban J connectivity index is 2.77. The summed E-state index contributed by atoms with van der Waals surface area (Å²) in [6, 6.07) is 0. The van der Waals surface area contributed by atoms with E-state index in [1.54, 1.807) is 33.1 Å². The number of hydrogen-bond acceptors (Lipinski definition) is 5. The number of carboxylic acids is 1. The molecular weight excluding hydrogens is 266 g/mol. The fraction of sp³-hybridized carbons (Fsp3) is 0.615. The average Bonchev–Trinajstić information content (AvgIpc) is 2.75. The van der Waals surface area contributed by atoms with Gasteiger partial charge < -0.3 is 9.84 Å².